The fraction of sp³-hybridized carbons (Fsp3) is 0.0769. The van der Waals surface area contributed by atoms with Gasteiger partial charge in [-0.3, -0.25) is 5.10 Å². The number of benzene rings is 1. The van der Waals surface area contributed by atoms with E-state index in [1.165, 1.54) is 6.20 Å². The van der Waals surface area contributed by atoms with Gasteiger partial charge in [0.2, 0.25) is 0 Å². The van der Waals surface area contributed by atoms with Crippen LogP contribution < -0.4 is 0 Å². The number of thioether (sulfide) groups is 1. The van der Waals surface area contributed by atoms with E-state index < -0.39 is 0 Å². The van der Waals surface area contributed by atoms with Crippen LogP contribution in [-0.2, 0) is 5.75 Å². The molecule has 0 aliphatic carbocycles. The molecule has 6 nitrogen and oxygen atoms in total. The zero-order valence-electron chi connectivity index (χ0n) is 10.3. The lowest BCUT2D eigenvalue weighted by molar-refractivity contribution is 0.425. The molecule has 7 heteroatoms. The van der Waals surface area contributed by atoms with Gasteiger partial charge in [-0.2, -0.15) is 15.3 Å². The van der Waals surface area contributed by atoms with E-state index in [2.05, 4.69) is 20.3 Å². The van der Waals surface area contributed by atoms with Crippen LogP contribution in [0, 0.1) is 11.3 Å². The molecule has 1 N–H and O–H groups in total. The molecule has 0 bridgehead atoms. The van der Waals surface area contributed by atoms with Gasteiger partial charge in [-0.15, -0.1) is 11.8 Å². The highest BCUT2D eigenvalue weighted by Gasteiger charge is 2.14. The molecule has 3 aromatic rings. The summed E-state index contributed by atoms with van der Waals surface area (Å²) in [7, 11) is 0. The second-order valence-corrected chi connectivity index (χ2v) is 4.94. The van der Waals surface area contributed by atoms with Crippen LogP contribution in [0.2, 0.25) is 0 Å². The number of nitriles is 1. The monoisotopic (exact) mass is 283 g/mol. The van der Waals surface area contributed by atoms with Crippen LogP contribution >= 0.6 is 11.8 Å². The summed E-state index contributed by atoms with van der Waals surface area (Å²) in [5.74, 6) is 1.49. The van der Waals surface area contributed by atoms with Gasteiger partial charge >= 0.3 is 0 Å². The van der Waals surface area contributed by atoms with E-state index in [1.807, 2.05) is 36.4 Å². The molecular formula is C13H9N5OS. The molecule has 98 valence electrons. The highest BCUT2D eigenvalue weighted by molar-refractivity contribution is 7.98. The Morgan fingerprint density at radius 3 is 2.95 bits per heavy atom. The van der Waals surface area contributed by atoms with Crippen molar-refractivity contribution in [2.24, 2.45) is 0 Å². The standard InChI is InChI=1S/C13H9N5OS/c14-6-11-10(7-15-17-11)13-16-12(18-19-13)8-20-9-4-2-1-3-5-9/h1-5,7H,8H2,(H,15,17). The smallest absolute Gasteiger partial charge is 0.262 e. The average Bonchev–Trinajstić information content (AvgIpc) is 3.14. The molecule has 1 aromatic carbocycles. The number of hydrogen-bond acceptors (Lipinski definition) is 6. The Bertz CT molecular complexity index is 743. The third-order valence-corrected chi connectivity index (χ3v) is 3.57. The summed E-state index contributed by atoms with van der Waals surface area (Å²) in [4.78, 5) is 5.41. The molecule has 3 rings (SSSR count). The van der Waals surface area contributed by atoms with Gasteiger partial charge < -0.3 is 4.52 Å². The van der Waals surface area contributed by atoms with Crippen LogP contribution in [0.5, 0.6) is 0 Å². The Kier molecular flexibility index (Phi) is 3.48. The first-order chi connectivity index (χ1) is 9.86. The predicted molar refractivity (Wildman–Crippen MR) is 72.6 cm³/mol. The van der Waals surface area contributed by atoms with Crippen molar-refractivity contribution in [2.75, 3.05) is 0 Å². The van der Waals surface area contributed by atoms with E-state index in [0.717, 1.165) is 4.90 Å². The van der Waals surface area contributed by atoms with Gasteiger partial charge in [-0.25, -0.2) is 0 Å². The fourth-order valence-electron chi connectivity index (χ4n) is 1.62. The van der Waals surface area contributed by atoms with E-state index in [1.54, 1.807) is 11.8 Å². The van der Waals surface area contributed by atoms with Crippen molar-refractivity contribution in [2.45, 2.75) is 10.6 Å². The summed E-state index contributed by atoms with van der Waals surface area (Å²) >= 11 is 1.62. The first kappa shape index (κ1) is 12.4. The molecule has 0 spiro atoms. The molecule has 0 saturated carbocycles. The van der Waals surface area contributed by atoms with E-state index in [-0.39, 0.29) is 0 Å². The van der Waals surface area contributed by atoms with E-state index in [4.69, 9.17) is 9.78 Å². The lowest BCUT2D eigenvalue weighted by Crippen LogP contribution is -1.84. The van der Waals surface area contributed by atoms with Gasteiger partial charge in [0.25, 0.3) is 5.89 Å². The zero-order valence-corrected chi connectivity index (χ0v) is 11.1. The molecule has 0 aliphatic heterocycles. The van der Waals surface area contributed by atoms with Crippen molar-refractivity contribution in [1.82, 2.24) is 20.3 Å². The van der Waals surface area contributed by atoms with Crippen molar-refractivity contribution in [3.8, 4) is 17.5 Å². The van der Waals surface area contributed by atoms with Gasteiger partial charge in [0.05, 0.1) is 17.5 Å². The first-order valence-electron chi connectivity index (χ1n) is 5.81. The Morgan fingerprint density at radius 1 is 1.30 bits per heavy atom. The largest absolute Gasteiger partial charge is 0.334 e. The maximum atomic E-state index is 8.91. The van der Waals surface area contributed by atoms with Crippen LogP contribution in [0.1, 0.15) is 11.5 Å². The fourth-order valence-corrected chi connectivity index (χ4v) is 2.38. The Labute approximate surface area is 118 Å². The van der Waals surface area contributed by atoms with Gasteiger partial charge in [0, 0.05) is 4.90 Å². The molecule has 0 atom stereocenters. The minimum atomic E-state index is 0.305. The van der Waals surface area contributed by atoms with Crippen molar-refractivity contribution < 1.29 is 4.52 Å². The summed E-state index contributed by atoms with van der Waals surface area (Å²) in [5.41, 5.74) is 0.840. The Balaban J connectivity index is 1.73. The molecule has 2 heterocycles. The molecule has 20 heavy (non-hydrogen) atoms. The van der Waals surface area contributed by atoms with Crippen LogP contribution in [0.15, 0.2) is 45.9 Å². The van der Waals surface area contributed by atoms with Crippen LogP contribution in [0.25, 0.3) is 11.5 Å². The summed E-state index contributed by atoms with van der Waals surface area (Å²) < 4.78 is 5.15. The third kappa shape index (κ3) is 2.55. The van der Waals surface area contributed by atoms with Crippen molar-refractivity contribution in [1.29, 1.82) is 5.26 Å². The summed E-state index contributed by atoms with van der Waals surface area (Å²) in [6, 6.07) is 12.0. The first-order valence-corrected chi connectivity index (χ1v) is 6.79. The lowest BCUT2D eigenvalue weighted by atomic mass is 10.2. The molecule has 0 amide bonds. The summed E-state index contributed by atoms with van der Waals surface area (Å²) in [5, 5.41) is 19.2. The highest BCUT2D eigenvalue weighted by Crippen LogP contribution is 2.23. The normalized spacial score (nSPS) is 10.3. The van der Waals surface area contributed by atoms with Crippen molar-refractivity contribution in [3.05, 3.63) is 48.0 Å². The number of aromatic nitrogens is 4. The van der Waals surface area contributed by atoms with Gasteiger partial charge in [0.1, 0.15) is 11.8 Å². The molecular weight excluding hydrogens is 274 g/mol. The molecule has 0 radical (unpaired) electrons. The van der Waals surface area contributed by atoms with Gasteiger partial charge in [-0.05, 0) is 12.1 Å². The number of H-pyrrole nitrogens is 1. The minimum absolute atomic E-state index is 0.305. The van der Waals surface area contributed by atoms with E-state index in [9.17, 15) is 0 Å². The number of nitrogens with zero attached hydrogens (tertiary/aromatic N) is 4. The third-order valence-electron chi connectivity index (χ3n) is 2.56. The molecule has 0 saturated heterocycles. The van der Waals surface area contributed by atoms with Crippen molar-refractivity contribution >= 4 is 11.8 Å². The second-order valence-electron chi connectivity index (χ2n) is 3.89. The van der Waals surface area contributed by atoms with E-state index >= 15 is 0 Å². The highest BCUT2D eigenvalue weighted by atomic mass is 32.2. The SMILES string of the molecule is N#Cc1[nH]ncc1-c1nc(CSc2ccccc2)no1. The number of aromatic amines is 1. The van der Waals surface area contributed by atoms with Gasteiger partial charge in [0.15, 0.2) is 5.82 Å². The minimum Gasteiger partial charge on any atom is -0.334 e. The Hall–Kier alpha value is -2.59. The Morgan fingerprint density at radius 2 is 2.15 bits per heavy atom. The topological polar surface area (TPSA) is 91.4 Å². The predicted octanol–water partition coefficient (Wildman–Crippen LogP) is 2.62. The summed E-state index contributed by atoms with van der Waals surface area (Å²) in [6.45, 7) is 0. The van der Waals surface area contributed by atoms with E-state index in [0.29, 0.717) is 28.7 Å². The van der Waals surface area contributed by atoms with Gasteiger partial charge in [-0.1, -0.05) is 23.4 Å². The lowest BCUT2D eigenvalue weighted by Gasteiger charge is -1.96. The molecule has 2 aromatic heterocycles. The number of hydrogen-bond donors (Lipinski definition) is 1. The molecule has 0 unspecified atom stereocenters. The van der Waals surface area contributed by atoms with Crippen molar-refractivity contribution in [3.63, 3.8) is 0 Å². The number of rotatable bonds is 4. The molecule has 0 fully saturated rings. The van der Waals surface area contributed by atoms with Crippen LogP contribution in [-0.4, -0.2) is 20.3 Å². The maximum absolute atomic E-state index is 8.91. The van der Waals surface area contributed by atoms with Crippen LogP contribution in [0.3, 0.4) is 0 Å². The maximum Gasteiger partial charge on any atom is 0.262 e. The van der Waals surface area contributed by atoms with Crippen LogP contribution in [0.4, 0.5) is 0 Å². The average molecular weight is 283 g/mol. The quantitative estimate of drug-likeness (QED) is 0.740. The zero-order chi connectivity index (χ0) is 13.8. The second kappa shape index (κ2) is 5.59. The summed E-state index contributed by atoms with van der Waals surface area (Å²) in [6.07, 6.45) is 1.50. The number of nitrogens with one attached hydrogen (secondary N) is 1. The molecule has 0 aliphatic rings.